The third kappa shape index (κ3) is 5.87. The summed E-state index contributed by atoms with van der Waals surface area (Å²) in [5.74, 6) is 0. The smallest absolute Gasteiger partial charge is 0.0619 e. The van der Waals surface area contributed by atoms with Gasteiger partial charge in [-0.1, -0.05) is 172 Å². The first kappa shape index (κ1) is 35.7. The van der Waals surface area contributed by atoms with Crippen LogP contribution in [0.3, 0.4) is 0 Å². The van der Waals surface area contributed by atoms with Crippen LogP contribution in [0.15, 0.2) is 212 Å². The quantitative estimate of drug-likeness (QED) is 0.157. The highest BCUT2D eigenvalue weighted by molar-refractivity contribution is 6.15. The molecular formula is C58H44N2. The molecular weight excluding hydrogens is 725 g/mol. The van der Waals surface area contributed by atoms with Crippen molar-refractivity contribution in [3.05, 3.63) is 223 Å². The van der Waals surface area contributed by atoms with Crippen molar-refractivity contribution in [2.24, 2.45) is 0 Å². The summed E-state index contributed by atoms with van der Waals surface area (Å²) in [4.78, 5) is 2.29. The average Bonchev–Trinajstić information content (AvgIpc) is 3.77. The van der Waals surface area contributed by atoms with Crippen molar-refractivity contribution in [2.75, 3.05) is 11.9 Å². The summed E-state index contributed by atoms with van der Waals surface area (Å²) in [6.07, 6.45) is 0. The first-order chi connectivity index (χ1) is 29.4. The fourth-order valence-corrected chi connectivity index (χ4v) is 9.59. The molecule has 9 aromatic carbocycles. The Morgan fingerprint density at radius 3 is 1.57 bits per heavy atom. The number of para-hydroxylation sites is 1. The summed E-state index contributed by atoms with van der Waals surface area (Å²) in [5.41, 5.74) is 21.1. The zero-order valence-electron chi connectivity index (χ0n) is 34.1. The summed E-state index contributed by atoms with van der Waals surface area (Å²) < 4.78 is 2.44. The lowest BCUT2D eigenvalue weighted by molar-refractivity contribution is 0.660. The molecule has 1 aliphatic carbocycles. The van der Waals surface area contributed by atoms with Crippen LogP contribution in [-0.2, 0) is 5.41 Å². The number of hydrogen-bond acceptors (Lipinski definition) is 1. The van der Waals surface area contributed by atoms with Gasteiger partial charge in [0.1, 0.15) is 0 Å². The molecule has 0 spiro atoms. The van der Waals surface area contributed by atoms with E-state index in [1.165, 1.54) is 99.9 Å². The number of fused-ring (bicyclic) bond motifs is 6. The van der Waals surface area contributed by atoms with Crippen LogP contribution in [0.25, 0.3) is 83.1 Å². The molecule has 1 aliphatic rings. The van der Waals surface area contributed by atoms with E-state index in [4.69, 9.17) is 0 Å². The maximum atomic E-state index is 2.44. The van der Waals surface area contributed by atoms with Gasteiger partial charge in [0.2, 0.25) is 0 Å². The third-order valence-electron chi connectivity index (χ3n) is 12.8. The van der Waals surface area contributed by atoms with E-state index in [9.17, 15) is 0 Å². The van der Waals surface area contributed by atoms with Crippen LogP contribution in [0.4, 0.5) is 11.4 Å². The van der Waals surface area contributed by atoms with Crippen molar-refractivity contribution in [3.8, 4) is 61.3 Å². The van der Waals surface area contributed by atoms with Crippen molar-refractivity contribution >= 4 is 33.2 Å². The Morgan fingerprint density at radius 2 is 0.883 bits per heavy atom. The molecule has 1 aromatic heterocycles. The third-order valence-corrected chi connectivity index (χ3v) is 12.8. The van der Waals surface area contributed by atoms with Gasteiger partial charge in [0.25, 0.3) is 0 Å². The first-order valence-electron chi connectivity index (χ1n) is 20.9. The maximum Gasteiger partial charge on any atom is 0.0619 e. The Hall–Kier alpha value is -7.42. The van der Waals surface area contributed by atoms with Gasteiger partial charge < -0.3 is 9.47 Å². The van der Waals surface area contributed by atoms with Gasteiger partial charge >= 0.3 is 0 Å². The number of hydrogen-bond donors (Lipinski definition) is 0. The summed E-state index contributed by atoms with van der Waals surface area (Å²) >= 11 is 0. The molecule has 0 unspecified atom stereocenters. The molecule has 0 saturated carbocycles. The van der Waals surface area contributed by atoms with Crippen LogP contribution in [0.1, 0.15) is 25.0 Å². The molecule has 10 aromatic rings. The van der Waals surface area contributed by atoms with Gasteiger partial charge in [-0.2, -0.15) is 0 Å². The molecule has 1 heterocycles. The van der Waals surface area contributed by atoms with Crippen LogP contribution in [0, 0.1) is 0 Å². The Balaban J connectivity index is 0.882. The summed E-state index contributed by atoms with van der Waals surface area (Å²) in [6.45, 7) is 4.68. The van der Waals surface area contributed by atoms with Crippen molar-refractivity contribution in [1.29, 1.82) is 0 Å². The molecule has 0 saturated heterocycles. The average molecular weight is 769 g/mol. The van der Waals surface area contributed by atoms with Gasteiger partial charge in [-0.3, -0.25) is 0 Å². The van der Waals surface area contributed by atoms with Crippen molar-refractivity contribution in [1.82, 2.24) is 4.57 Å². The van der Waals surface area contributed by atoms with Crippen LogP contribution < -0.4 is 4.90 Å². The van der Waals surface area contributed by atoms with E-state index >= 15 is 0 Å². The van der Waals surface area contributed by atoms with Crippen LogP contribution in [0.5, 0.6) is 0 Å². The van der Waals surface area contributed by atoms with Crippen LogP contribution >= 0.6 is 0 Å². The first-order valence-corrected chi connectivity index (χ1v) is 20.9. The zero-order chi connectivity index (χ0) is 40.4. The molecule has 286 valence electrons. The Bertz CT molecular complexity index is 3190. The number of aromatic nitrogens is 1. The summed E-state index contributed by atoms with van der Waals surface area (Å²) in [7, 11) is 2.16. The van der Waals surface area contributed by atoms with E-state index in [1.54, 1.807) is 0 Å². The Morgan fingerprint density at radius 1 is 0.367 bits per heavy atom. The van der Waals surface area contributed by atoms with E-state index in [0.29, 0.717) is 0 Å². The second-order valence-corrected chi connectivity index (χ2v) is 16.6. The fourth-order valence-electron chi connectivity index (χ4n) is 9.59. The summed E-state index contributed by atoms with van der Waals surface area (Å²) in [6, 6.07) is 77.8. The van der Waals surface area contributed by atoms with Gasteiger partial charge in [-0.25, -0.2) is 0 Å². The predicted molar refractivity (Wildman–Crippen MR) is 255 cm³/mol. The Labute approximate surface area is 352 Å². The Kier molecular flexibility index (Phi) is 8.42. The van der Waals surface area contributed by atoms with Crippen molar-refractivity contribution in [2.45, 2.75) is 19.3 Å². The van der Waals surface area contributed by atoms with Gasteiger partial charge in [-0.15, -0.1) is 0 Å². The molecule has 0 bridgehead atoms. The van der Waals surface area contributed by atoms with E-state index in [0.717, 1.165) is 5.69 Å². The standard InChI is InChI=1S/C58H44N2/c1-58(2)54-20-12-10-18-49(54)50-35-34-48(38-55(50)58)59(3)46-30-26-42(27-31-46)40-22-24-41(25-23-40)43-28-32-47(33-29-43)60-56-21-13-11-19-51(56)53-37-45(39-14-6-4-7-15-39)36-52(57(53)60)44-16-8-5-9-17-44/h4-38H,1-3H3. The molecule has 60 heavy (non-hydrogen) atoms. The lowest BCUT2D eigenvalue weighted by Gasteiger charge is -2.25. The van der Waals surface area contributed by atoms with Crippen LogP contribution in [-0.4, -0.2) is 11.6 Å². The molecule has 2 heteroatoms. The molecule has 11 rings (SSSR count). The number of rotatable bonds is 7. The maximum absolute atomic E-state index is 2.44. The second kappa shape index (κ2) is 14.1. The molecule has 0 amide bonds. The van der Waals surface area contributed by atoms with Gasteiger partial charge in [0, 0.05) is 45.9 Å². The van der Waals surface area contributed by atoms with E-state index in [-0.39, 0.29) is 5.41 Å². The SMILES string of the molecule is CN(c1ccc(-c2ccc(-c3ccc(-n4c5ccccc5c5cc(-c6ccccc6)cc(-c6ccccc6)c54)cc3)cc2)cc1)c1ccc2c(c1)C(C)(C)c1ccccc1-2. The monoisotopic (exact) mass is 768 g/mol. The van der Waals surface area contributed by atoms with Gasteiger partial charge in [0.05, 0.1) is 11.0 Å². The topological polar surface area (TPSA) is 8.17 Å². The van der Waals surface area contributed by atoms with E-state index < -0.39 is 0 Å². The zero-order valence-corrected chi connectivity index (χ0v) is 34.1. The molecule has 0 aliphatic heterocycles. The molecule has 0 N–H and O–H groups in total. The van der Waals surface area contributed by atoms with Gasteiger partial charge in [-0.05, 0) is 116 Å². The minimum Gasteiger partial charge on any atom is -0.345 e. The normalized spacial score (nSPS) is 12.7. The van der Waals surface area contributed by atoms with E-state index in [2.05, 4.69) is 243 Å². The lowest BCUT2D eigenvalue weighted by Crippen LogP contribution is -2.16. The minimum absolute atomic E-state index is 0.0203. The highest BCUT2D eigenvalue weighted by Gasteiger charge is 2.35. The summed E-state index contributed by atoms with van der Waals surface area (Å²) in [5, 5.41) is 2.50. The largest absolute Gasteiger partial charge is 0.345 e. The molecule has 0 atom stereocenters. The van der Waals surface area contributed by atoms with E-state index in [1.807, 2.05) is 0 Å². The highest BCUT2D eigenvalue weighted by Crippen LogP contribution is 2.50. The lowest BCUT2D eigenvalue weighted by atomic mass is 9.82. The molecule has 2 nitrogen and oxygen atoms in total. The highest BCUT2D eigenvalue weighted by atomic mass is 15.1. The minimum atomic E-state index is -0.0203. The van der Waals surface area contributed by atoms with Crippen molar-refractivity contribution < 1.29 is 0 Å². The molecule has 0 fully saturated rings. The predicted octanol–water partition coefficient (Wildman–Crippen LogP) is 15.5. The van der Waals surface area contributed by atoms with Gasteiger partial charge in [0.15, 0.2) is 0 Å². The number of nitrogens with zero attached hydrogens (tertiary/aromatic N) is 2. The van der Waals surface area contributed by atoms with Crippen molar-refractivity contribution in [3.63, 3.8) is 0 Å². The van der Waals surface area contributed by atoms with Crippen LogP contribution in [0.2, 0.25) is 0 Å². The number of anilines is 2. The molecule has 0 radical (unpaired) electrons. The second-order valence-electron chi connectivity index (χ2n) is 16.6. The number of benzene rings is 9. The fraction of sp³-hybridized carbons (Fsp3) is 0.0690.